The monoisotopic (exact) mass is 234 g/mol. The highest BCUT2D eigenvalue weighted by atomic mass is 32.1. The third kappa shape index (κ3) is 2.88. The van der Waals surface area contributed by atoms with E-state index >= 15 is 0 Å². The van der Waals surface area contributed by atoms with Crippen molar-refractivity contribution in [2.75, 3.05) is 0 Å². The van der Waals surface area contributed by atoms with Crippen molar-refractivity contribution < 1.29 is 9.53 Å². The van der Waals surface area contributed by atoms with Gasteiger partial charge in [-0.2, -0.15) is 0 Å². The van der Waals surface area contributed by atoms with Crippen molar-refractivity contribution in [3.8, 4) is 0 Å². The molecule has 0 aromatic carbocycles. The van der Waals surface area contributed by atoms with Gasteiger partial charge < -0.3 is 4.74 Å². The summed E-state index contributed by atoms with van der Waals surface area (Å²) in [7, 11) is 5.57. The van der Waals surface area contributed by atoms with Crippen molar-refractivity contribution in [2.24, 2.45) is 5.92 Å². The predicted molar refractivity (Wildman–Crippen MR) is 66.5 cm³/mol. The van der Waals surface area contributed by atoms with E-state index < -0.39 is 0 Å². The Morgan fingerprint density at radius 3 is 3.00 bits per heavy atom. The van der Waals surface area contributed by atoms with Gasteiger partial charge in [-0.15, -0.1) is 11.3 Å². The van der Waals surface area contributed by atoms with Crippen molar-refractivity contribution in [3.05, 3.63) is 16.3 Å². The summed E-state index contributed by atoms with van der Waals surface area (Å²) in [5.74, 6) is 0.445. The smallest absolute Gasteiger partial charge is 0.348 e. The molecule has 0 aliphatic heterocycles. The van der Waals surface area contributed by atoms with E-state index in [-0.39, 0.29) is 12.1 Å². The first-order valence-corrected chi connectivity index (χ1v) is 6.58. The van der Waals surface area contributed by atoms with E-state index in [0.29, 0.717) is 16.3 Å². The number of esters is 1. The van der Waals surface area contributed by atoms with Crippen LogP contribution in [0.4, 0.5) is 0 Å². The molecule has 4 heteroatoms. The van der Waals surface area contributed by atoms with E-state index in [4.69, 9.17) is 12.6 Å². The predicted octanol–water partition coefficient (Wildman–Crippen LogP) is 2.28. The van der Waals surface area contributed by atoms with Crippen LogP contribution >= 0.6 is 11.3 Å². The second kappa shape index (κ2) is 5.04. The van der Waals surface area contributed by atoms with Gasteiger partial charge >= 0.3 is 5.97 Å². The zero-order valence-corrected chi connectivity index (χ0v) is 10.3. The number of hydrogen-bond donors (Lipinski definition) is 0. The van der Waals surface area contributed by atoms with Gasteiger partial charge in [0.25, 0.3) is 0 Å². The minimum atomic E-state index is -0.221. The molecule has 2 nitrogen and oxygen atoms in total. The number of hydrogen-bond acceptors (Lipinski definition) is 3. The van der Waals surface area contributed by atoms with Crippen LogP contribution in [0, 0.1) is 5.92 Å². The van der Waals surface area contributed by atoms with Crippen LogP contribution in [0.5, 0.6) is 0 Å². The molecular weight excluding hydrogens is 219 g/mol. The van der Waals surface area contributed by atoms with E-state index in [9.17, 15) is 4.79 Å². The maximum absolute atomic E-state index is 11.8. The molecular formula is C12H15BO2S. The second-order valence-electron chi connectivity index (χ2n) is 4.54. The van der Waals surface area contributed by atoms with Crippen LogP contribution in [0.3, 0.4) is 0 Å². The minimum absolute atomic E-state index is 0.0968. The zero-order chi connectivity index (χ0) is 11.5. The topological polar surface area (TPSA) is 26.3 Å². The molecule has 1 aliphatic rings. The quantitative estimate of drug-likeness (QED) is 0.579. The summed E-state index contributed by atoms with van der Waals surface area (Å²) in [6.45, 7) is 2.21. The highest BCUT2D eigenvalue weighted by Crippen LogP contribution is 2.26. The van der Waals surface area contributed by atoms with Gasteiger partial charge in [0.2, 0.25) is 0 Å². The average molecular weight is 234 g/mol. The molecule has 1 aromatic rings. The second-order valence-corrected chi connectivity index (χ2v) is 5.45. The molecule has 2 atom stereocenters. The van der Waals surface area contributed by atoms with Crippen LogP contribution in [0.15, 0.2) is 11.4 Å². The normalized spacial score (nSPS) is 25.3. The van der Waals surface area contributed by atoms with Crippen molar-refractivity contribution in [2.45, 2.75) is 38.7 Å². The van der Waals surface area contributed by atoms with Gasteiger partial charge in [-0.25, -0.2) is 4.79 Å². The molecule has 1 heterocycles. The zero-order valence-electron chi connectivity index (χ0n) is 9.44. The number of thiophene rings is 1. The molecule has 2 unspecified atom stereocenters. The fourth-order valence-corrected chi connectivity index (χ4v) is 2.83. The molecule has 0 bridgehead atoms. The molecule has 1 aromatic heterocycles. The summed E-state index contributed by atoms with van der Waals surface area (Å²) in [5.41, 5.74) is 0.633. The lowest BCUT2D eigenvalue weighted by Crippen LogP contribution is -2.24. The van der Waals surface area contributed by atoms with Crippen molar-refractivity contribution in [3.63, 3.8) is 0 Å². The molecule has 1 aliphatic carbocycles. The molecule has 0 saturated heterocycles. The van der Waals surface area contributed by atoms with Crippen LogP contribution in [0.25, 0.3) is 0 Å². The van der Waals surface area contributed by atoms with E-state index in [1.807, 2.05) is 0 Å². The fourth-order valence-electron chi connectivity index (χ4n) is 2.15. The molecule has 84 valence electrons. The third-order valence-electron chi connectivity index (χ3n) is 2.98. The first-order valence-electron chi connectivity index (χ1n) is 5.70. The van der Waals surface area contributed by atoms with E-state index in [2.05, 4.69) is 6.92 Å². The molecule has 0 N–H and O–H groups in total. The standard InChI is InChI=1S/C12H15BO2S/c1-8-3-2-4-10(5-8)15-12(14)11-6-9(13)7-16-11/h6-8,10H,2-5H2,1H3. The van der Waals surface area contributed by atoms with Gasteiger partial charge in [-0.3, -0.25) is 0 Å². The van der Waals surface area contributed by atoms with Gasteiger partial charge in [-0.05, 0) is 36.6 Å². The van der Waals surface area contributed by atoms with Crippen LogP contribution in [0.1, 0.15) is 42.3 Å². The van der Waals surface area contributed by atoms with Crippen molar-refractivity contribution in [1.29, 1.82) is 0 Å². The highest BCUT2D eigenvalue weighted by Gasteiger charge is 2.23. The average Bonchev–Trinajstić information content (AvgIpc) is 2.65. The van der Waals surface area contributed by atoms with Crippen LogP contribution in [-0.4, -0.2) is 19.9 Å². The lowest BCUT2D eigenvalue weighted by molar-refractivity contribution is 0.0161. The first-order chi connectivity index (χ1) is 7.65. The van der Waals surface area contributed by atoms with Crippen LogP contribution in [0.2, 0.25) is 0 Å². The fraction of sp³-hybridized carbons (Fsp3) is 0.583. The van der Waals surface area contributed by atoms with Gasteiger partial charge in [0, 0.05) is 0 Å². The van der Waals surface area contributed by atoms with Gasteiger partial charge in [0.1, 0.15) is 18.8 Å². The van der Waals surface area contributed by atoms with E-state index in [0.717, 1.165) is 19.3 Å². The minimum Gasteiger partial charge on any atom is -0.458 e. The van der Waals surface area contributed by atoms with Crippen LogP contribution < -0.4 is 5.46 Å². The molecule has 1 saturated carbocycles. The molecule has 2 radical (unpaired) electrons. The molecule has 0 amide bonds. The maximum atomic E-state index is 11.8. The van der Waals surface area contributed by atoms with Crippen LogP contribution in [-0.2, 0) is 4.74 Å². The Bertz CT molecular complexity index is 375. The number of carbonyl (C=O) groups is 1. The lowest BCUT2D eigenvalue weighted by atomic mass is 9.89. The lowest BCUT2D eigenvalue weighted by Gasteiger charge is -2.26. The summed E-state index contributed by atoms with van der Waals surface area (Å²) < 4.78 is 5.48. The van der Waals surface area contributed by atoms with Crippen molar-refractivity contribution >= 4 is 30.6 Å². The maximum Gasteiger partial charge on any atom is 0.348 e. The summed E-state index contributed by atoms with van der Waals surface area (Å²) >= 11 is 1.35. The Hall–Kier alpha value is -0.765. The Balaban J connectivity index is 1.92. The molecule has 0 spiro atoms. The molecule has 2 rings (SSSR count). The van der Waals surface area contributed by atoms with Crippen molar-refractivity contribution in [1.82, 2.24) is 0 Å². The summed E-state index contributed by atoms with van der Waals surface area (Å²) in [6.07, 6.45) is 4.49. The number of rotatable bonds is 2. The highest BCUT2D eigenvalue weighted by molar-refractivity contribution is 7.12. The first kappa shape index (κ1) is 11.7. The third-order valence-corrected chi connectivity index (χ3v) is 3.91. The van der Waals surface area contributed by atoms with E-state index in [1.165, 1.54) is 17.8 Å². The SMILES string of the molecule is [B]c1csc(C(=O)OC2CCCC(C)C2)c1. The Morgan fingerprint density at radius 2 is 2.38 bits per heavy atom. The number of ether oxygens (including phenoxy) is 1. The van der Waals surface area contributed by atoms with Gasteiger partial charge in [0.05, 0.1) is 0 Å². The largest absolute Gasteiger partial charge is 0.458 e. The molecule has 16 heavy (non-hydrogen) atoms. The van der Waals surface area contributed by atoms with Gasteiger partial charge in [-0.1, -0.05) is 18.8 Å². The Labute approximate surface area is 101 Å². The number of carbonyl (C=O) groups excluding carboxylic acids is 1. The summed E-state index contributed by atoms with van der Waals surface area (Å²) in [6, 6.07) is 1.68. The summed E-state index contributed by atoms with van der Waals surface area (Å²) in [4.78, 5) is 12.4. The Morgan fingerprint density at radius 1 is 1.56 bits per heavy atom. The van der Waals surface area contributed by atoms with Gasteiger partial charge in [0.15, 0.2) is 0 Å². The Kier molecular flexibility index (Phi) is 3.69. The molecule has 1 fully saturated rings. The van der Waals surface area contributed by atoms with E-state index in [1.54, 1.807) is 11.4 Å². The summed E-state index contributed by atoms with van der Waals surface area (Å²) in [5, 5.41) is 1.76.